The minimum atomic E-state index is 0. The van der Waals surface area contributed by atoms with Crippen molar-refractivity contribution in [3.05, 3.63) is 7.05 Å². The van der Waals surface area contributed by atoms with Gasteiger partial charge in [0.25, 0.3) is 0 Å². The fraction of sp³-hybridized carbons (Fsp3) is 0.929. The number of rotatable bonds is 3. The summed E-state index contributed by atoms with van der Waals surface area (Å²) in [7, 11) is 4.03. The Bertz CT molecular complexity index is 194. The van der Waals surface area contributed by atoms with Gasteiger partial charge < -0.3 is 9.80 Å². The van der Waals surface area contributed by atoms with Crippen LogP contribution in [-0.2, 0) is 0 Å². The van der Waals surface area contributed by atoms with E-state index in [0.717, 1.165) is 11.8 Å². The van der Waals surface area contributed by atoms with E-state index in [4.69, 9.17) is 0 Å². The Kier molecular flexibility index (Phi) is 8.47. The Hall–Kier alpha value is 1.56. The first-order valence-electron chi connectivity index (χ1n) is 7.05. The molecular weight excluding hydrogens is 235 g/mol. The minimum Gasteiger partial charge on any atom is -0.459 e. The predicted molar refractivity (Wildman–Crippen MR) is 69.1 cm³/mol. The Labute approximate surface area is 150 Å². The summed E-state index contributed by atoms with van der Waals surface area (Å²) >= 11 is 0. The molecule has 0 aromatic carbocycles. The summed E-state index contributed by atoms with van der Waals surface area (Å²) in [6, 6.07) is 0. The first-order chi connectivity index (χ1) is 7.78. The van der Waals surface area contributed by atoms with Crippen molar-refractivity contribution in [3.8, 4) is 0 Å². The second-order valence-electron chi connectivity index (χ2n) is 5.67. The van der Waals surface area contributed by atoms with E-state index in [0.29, 0.717) is 0 Å². The van der Waals surface area contributed by atoms with E-state index in [1.54, 1.807) is 0 Å². The van der Waals surface area contributed by atoms with Crippen LogP contribution in [0.2, 0.25) is 0 Å². The molecule has 2 saturated heterocycles. The maximum absolute atomic E-state index is 4.03. The van der Waals surface area contributed by atoms with Gasteiger partial charge in [-0.2, -0.15) is 0 Å². The summed E-state index contributed by atoms with van der Waals surface area (Å²) in [5.74, 6) is 2.01. The van der Waals surface area contributed by atoms with Gasteiger partial charge in [0, 0.05) is 0 Å². The van der Waals surface area contributed by atoms with Crippen molar-refractivity contribution in [2.45, 2.75) is 39.0 Å². The molecule has 0 aromatic rings. The zero-order valence-corrected chi connectivity index (χ0v) is 15.0. The van der Waals surface area contributed by atoms with Gasteiger partial charge in [0.2, 0.25) is 0 Å². The van der Waals surface area contributed by atoms with Crippen molar-refractivity contribution in [1.82, 2.24) is 9.80 Å². The van der Waals surface area contributed by atoms with Crippen LogP contribution >= 0.6 is 0 Å². The molecule has 0 unspecified atom stereocenters. The van der Waals surface area contributed by atoms with Gasteiger partial charge in [0.1, 0.15) is 0 Å². The van der Waals surface area contributed by atoms with Gasteiger partial charge in [-0.05, 0) is 76.7 Å². The van der Waals surface area contributed by atoms with Crippen LogP contribution in [0.4, 0.5) is 0 Å². The molecule has 0 atom stereocenters. The monoisotopic (exact) mass is 262 g/mol. The van der Waals surface area contributed by atoms with Gasteiger partial charge in [-0.25, -0.2) is 0 Å². The van der Waals surface area contributed by atoms with Gasteiger partial charge in [-0.1, -0.05) is 6.92 Å². The SMILES string of the molecule is [CH2-]N1CCC(CC2CCN(CC)CC2)CC1.[K+]. The molecule has 0 radical (unpaired) electrons. The molecule has 0 spiro atoms. The largest absolute Gasteiger partial charge is 1.00 e. The third-order valence-corrected chi connectivity index (χ3v) is 4.53. The smallest absolute Gasteiger partial charge is 0.459 e. The van der Waals surface area contributed by atoms with E-state index >= 15 is 0 Å². The van der Waals surface area contributed by atoms with Crippen molar-refractivity contribution in [3.63, 3.8) is 0 Å². The Morgan fingerprint density at radius 2 is 1.41 bits per heavy atom. The van der Waals surface area contributed by atoms with E-state index in [9.17, 15) is 0 Å². The fourth-order valence-electron chi connectivity index (χ4n) is 3.23. The van der Waals surface area contributed by atoms with Gasteiger partial charge in [0.05, 0.1) is 0 Å². The van der Waals surface area contributed by atoms with Gasteiger partial charge >= 0.3 is 51.4 Å². The molecule has 2 heterocycles. The van der Waals surface area contributed by atoms with Gasteiger partial charge in [0.15, 0.2) is 0 Å². The number of hydrogen-bond donors (Lipinski definition) is 0. The summed E-state index contributed by atoms with van der Waals surface area (Å²) in [5.41, 5.74) is 0. The molecule has 0 saturated carbocycles. The van der Waals surface area contributed by atoms with Crippen molar-refractivity contribution in [2.24, 2.45) is 11.8 Å². The third kappa shape index (κ3) is 5.60. The molecule has 17 heavy (non-hydrogen) atoms. The minimum absolute atomic E-state index is 0. The van der Waals surface area contributed by atoms with Gasteiger partial charge in [-0.15, -0.1) is 0 Å². The molecule has 2 fully saturated rings. The summed E-state index contributed by atoms with van der Waals surface area (Å²) < 4.78 is 0. The van der Waals surface area contributed by atoms with Crippen LogP contribution < -0.4 is 51.4 Å². The van der Waals surface area contributed by atoms with E-state index in [-0.39, 0.29) is 51.4 Å². The normalized spacial score (nSPS) is 25.8. The Balaban J connectivity index is 0.00000144. The van der Waals surface area contributed by atoms with Crippen molar-refractivity contribution in [1.29, 1.82) is 0 Å². The zero-order valence-electron chi connectivity index (χ0n) is 11.8. The van der Waals surface area contributed by atoms with Crippen molar-refractivity contribution < 1.29 is 51.4 Å². The van der Waals surface area contributed by atoms with Crippen LogP contribution in [0.3, 0.4) is 0 Å². The topological polar surface area (TPSA) is 6.48 Å². The predicted octanol–water partition coefficient (Wildman–Crippen LogP) is -0.384. The summed E-state index contributed by atoms with van der Waals surface area (Å²) in [4.78, 5) is 4.82. The van der Waals surface area contributed by atoms with Crippen molar-refractivity contribution >= 4 is 0 Å². The van der Waals surface area contributed by atoms with E-state index < -0.39 is 0 Å². The van der Waals surface area contributed by atoms with Crippen LogP contribution in [0.15, 0.2) is 0 Å². The molecule has 0 bridgehead atoms. The first kappa shape index (κ1) is 16.6. The fourth-order valence-corrected chi connectivity index (χ4v) is 3.23. The molecule has 0 aromatic heterocycles. The number of hydrogen-bond acceptors (Lipinski definition) is 2. The molecule has 2 aliphatic rings. The van der Waals surface area contributed by atoms with Gasteiger partial charge in [-0.3, -0.25) is 7.05 Å². The number of nitrogens with zero attached hydrogens (tertiary/aromatic N) is 2. The molecule has 0 N–H and O–H groups in total. The van der Waals surface area contributed by atoms with Crippen LogP contribution in [0.25, 0.3) is 0 Å². The molecule has 3 heteroatoms. The molecule has 0 aliphatic carbocycles. The maximum Gasteiger partial charge on any atom is 1.00 e. The standard InChI is InChI=1S/C14H27N2.K/c1-3-16-10-6-14(7-11-16)12-13-4-8-15(2)9-5-13;/h13-14H,2-12H2,1H3;/q-1;+1. The van der Waals surface area contributed by atoms with Crippen LogP contribution in [0.5, 0.6) is 0 Å². The molecular formula is C14H27KN2. The second-order valence-corrected chi connectivity index (χ2v) is 5.67. The average molecular weight is 262 g/mol. The number of likely N-dealkylation sites (tertiary alicyclic amines) is 2. The first-order valence-corrected chi connectivity index (χ1v) is 7.05. The second kappa shape index (κ2) is 8.67. The molecule has 2 rings (SSSR count). The summed E-state index contributed by atoms with van der Waals surface area (Å²) in [6.45, 7) is 8.65. The van der Waals surface area contributed by atoms with E-state index in [2.05, 4.69) is 23.8 Å². The third-order valence-electron chi connectivity index (χ3n) is 4.53. The Morgan fingerprint density at radius 1 is 0.941 bits per heavy atom. The quantitative estimate of drug-likeness (QED) is 0.505. The Morgan fingerprint density at radius 3 is 1.88 bits per heavy atom. The van der Waals surface area contributed by atoms with E-state index in [1.165, 1.54) is 64.8 Å². The molecule has 94 valence electrons. The molecule has 2 aliphatic heterocycles. The van der Waals surface area contributed by atoms with Crippen LogP contribution in [0.1, 0.15) is 39.0 Å². The zero-order chi connectivity index (χ0) is 11.4. The molecule has 0 amide bonds. The summed E-state index contributed by atoms with van der Waals surface area (Å²) in [5, 5.41) is 0. The summed E-state index contributed by atoms with van der Waals surface area (Å²) in [6.07, 6.45) is 7.15. The van der Waals surface area contributed by atoms with Crippen LogP contribution in [0, 0.1) is 18.9 Å². The van der Waals surface area contributed by atoms with E-state index in [1.807, 2.05) is 0 Å². The van der Waals surface area contributed by atoms with Crippen molar-refractivity contribution in [2.75, 3.05) is 32.7 Å². The average Bonchev–Trinajstić information content (AvgIpc) is 2.33. The maximum atomic E-state index is 4.03. The number of piperidine rings is 2. The van der Waals surface area contributed by atoms with Crippen LogP contribution in [-0.4, -0.2) is 42.5 Å². The molecule has 2 nitrogen and oxygen atoms in total.